The first-order valence-electron chi connectivity index (χ1n) is 6.49. The number of aliphatic hydroxyl groups is 1. The van der Waals surface area contributed by atoms with E-state index in [1.54, 1.807) is 24.3 Å². The molecule has 0 saturated heterocycles. The Morgan fingerprint density at radius 1 is 1.30 bits per heavy atom. The highest BCUT2D eigenvalue weighted by Gasteiger charge is 2.13. The second-order valence-electron chi connectivity index (χ2n) is 4.23. The van der Waals surface area contributed by atoms with E-state index in [1.165, 1.54) is 0 Å². The minimum atomic E-state index is -0.193. The van der Waals surface area contributed by atoms with Crippen molar-refractivity contribution in [2.45, 2.75) is 33.2 Å². The first-order valence-corrected chi connectivity index (χ1v) is 6.49. The summed E-state index contributed by atoms with van der Waals surface area (Å²) < 4.78 is 16.0. The topological polar surface area (TPSA) is 77.6 Å². The van der Waals surface area contributed by atoms with Gasteiger partial charge in [-0.25, -0.2) is 0 Å². The average molecular weight is 278 g/mol. The van der Waals surface area contributed by atoms with Crippen LogP contribution < -0.4 is 4.74 Å². The van der Waals surface area contributed by atoms with E-state index in [2.05, 4.69) is 10.1 Å². The van der Waals surface area contributed by atoms with Crippen LogP contribution in [-0.4, -0.2) is 21.9 Å². The molecule has 6 heteroatoms. The summed E-state index contributed by atoms with van der Waals surface area (Å²) in [6.45, 7) is 4.59. The van der Waals surface area contributed by atoms with Crippen molar-refractivity contribution >= 4 is 0 Å². The number of aliphatic hydroxyl groups excluding tert-OH is 1. The molecule has 0 amide bonds. The summed E-state index contributed by atoms with van der Waals surface area (Å²) >= 11 is 0. The molecule has 1 aromatic heterocycles. The summed E-state index contributed by atoms with van der Waals surface area (Å²) in [5.74, 6) is 1.60. The van der Waals surface area contributed by atoms with Crippen molar-refractivity contribution in [3.63, 3.8) is 0 Å². The fraction of sp³-hybridized carbons (Fsp3) is 0.429. The Balaban J connectivity index is 1.90. The van der Waals surface area contributed by atoms with Gasteiger partial charge in [-0.2, -0.15) is 4.98 Å². The molecule has 0 aliphatic heterocycles. The largest absolute Gasteiger partial charge is 0.484 e. The Morgan fingerprint density at radius 2 is 2.05 bits per heavy atom. The summed E-state index contributed by atoms with van der Waals surface area (Å²) in [6.07, 6.45) is -0.193. The van der Waals surface area contributed by atoms with Gasteiger partial charge in [0.2, 0.25) is 0 Å². The molecule has 6 nitrogen and oxygen atoms in total. The highest BCUT2D eigenvalue weighted by atomic mass is 16.5. The molecule has 20 heavy (non-hydrogen) atoms. The molecule has 0 aliphatic rings. The predicted octanol–water partition coefficient (Wildman–Crippen LogP) is 2.24. The first kappa shape index (κ1) is 14.5. The zero-order valence-corrected chi connectivity index (χ0v) is 11.6. The van der Waals surface area contributed by atoms with Gasteiger partial charge >= 0.3 is 0 Å². The van der Waals surface area contributed by atoms with Gasteiger partial charge in [-0.15, -0.1) is 0 Å². The van der Waals surface area contributed by atoms with E-state index >= 15 is 0 Å². The third-order valence-corrected chi connectivity index (χ3v) is 2.73. The molecular weight excluding hydrogens is 260 g/mol. The quantitative estimate of drug-likeness (QED) is 0.837. The van der Waals surface area contributed by atoms with Crippen molar-refractivity contribution < 1.29 is 19.1 Å². The van der Waals surface area contributed by atoms with Crippen LogP contribution in [0.15, 0.2) is 28.8 Å². The maximum Gasteiger partial charge on any atom is 0.264 e. The Morgan fingerprint density at radius 3 is 2.70 bits per heavy atom. The van der Waals surface area contributed by atoms with E-state index in [9.17, 15) is 0 Å². The van der Waals surface area contributed by atoms with Gasteiger partial charge in [-0.3, -0.25) is 0 Å². The van der Waals surface area contributed by atoms with E-state index in [4.69, 9.17) is 19.1 Å². The van der Waals surface area contributed by atoms with E-state index in [0.717, 1.165) is 5.56 Å². The zero-order chi connectivity index (χ0) is 14.4. The molecule has 0 bridgehead atoms. The molecule has 2 aromatic rings. The molecule has 0 spiro atoms. The fourth-order valence-electron chi connectivity index (χ4n) is 1.65. The molecule has 1 N–H and O–H groups in total. The van der Waals surface area contributed by atoms with Gasteiger partial charge in [-0.1, -0.05) is 17.3 Å². The number of aromatic nitrogens is 2. The number of ether oxygens (including phenoxy) is 2. The van der Waals surface area contributed by atoms with Crippen LogP contribution >= 0.6 is 0 Å². The molecule has 0 saturated carbocycles. The number of nitrogens with zero attached hydrogens (tertiary/aromatic N) is 2. The molecule has 0 aliphatic carbocycles. The van der Waals surface area contributed by atoms with E-state index in [0.29, 0.717) is 24.1 Å². The van der Waals surface area contributed by atoms with E-state index < -0.39 is 0 Å². The van der Waals surface area contributed by atoms with Gasteiger partial charge < -0.3 is 19.1 Å². The van der Waals surface area contributed by atoms with Gasteiger partial charge in [-0.05, 0) is 31.5 Å². The Kier molecular flexibility index (Phi) is 5.09. The molecule has 0 radical (unpaired) electrons. The van der Waals surface area contributed by atoms with Crippen LogP contribution in [-0.2, 0) is 18.0 Å². The van der Waals surface area contributed by atoms with Crippen LogP contribution in [0.4, 0.5) is 0 Å². The highest BCUT2D eigenvalue weighted by molar-refractivity contribution is 5.26. The van der Waals surface area contributed by atoms with Crippen LogP contribution in [0.1, 0.15) is 37.2 Å². The Labute approximate surface area is 117 Å². The minimum Gasteiger partial charge on any atom is -0.484 e. The molecule has 0 fully saturated rings. The summed E-state index contributed by atoms with van der Waals surface area (Å²) in [5.41, 5.74) is 0.836. The third-order valence-electron chi connectivity index (χ3n) is 2.73. The number of rotatable bonds is 7. The fourth-order valence-corrected chi connectivity index (χ4v) is 1.65. The SMILES string of the molecule is CCOC(C)c1noc(COc2ccc(CO)cc2)n1. The van der Waals surface area contributed by atoms with Gasteiger partial charge in [0.15, 0.2) is 12.4 Å². The zero-order valence-electron chi connectivity index (χ0n) is 11.6. The lowest BCUT2D eigenvalue weighted by molar-refractivity contribution is 0.0683. The number of benzene rings is 1. The Hall–Kier alpha value is -1.92. The van der Waals surface area contributed by atoms with E-state index in [1.807, 2.05) is 13.8 Å². The van der Waals surface area contributed by atoms with Crippen LogP contribution in [0.5, 0.6) is 5.75 Å². The predicted molar refractivity (Wildman–Crippen MR) is 71.0 cm³/mol. The molecule has 1 atom stereocenters. The summed E-state index contributed by atoms with van der Waals surface area (Å²) in [5, 5.41) is 12.8. The highest BCUT2D eigenvalue weighted by Crippen LogP contribution is 2.16. The maximum atomic E-state index is 8.95. The lowest BCUT2D eigenvalue weighted by Crippen LogP contribution is -2.02. The van der Waals surface area contributed by atoms with Gasteiger partial charge in [0.25, 0.3) is 5.89 Å². The lowest BCUT2D eigenvalue weighted by atomic mass is 10.2. The monoisotopic (exact) mass is 278 g/mol. The average Bonchev–Trinajstić information content (AvgIpc) is 2.95. The van der Waals surface area contributed by atoms with Crippen molar-refractivity contribution in [2.75, 3.05) is 6.61 Å². The minimum absolute atomic E-state index is 0.0165. The summed E-state index contributed by atoms with van der Waals surface area (Å²) in [7, 11) is 0. The van der Waals surface area contributed by atoms with Gasteiger partial charge in [0, 0.05) is 6.61 Å². The maximum absolute atomic E-state index is 8.95. The molecule has 1 unspecified atom stereocenters. The second-order valence-corrected chi connectivity index (χ2v) is 4.23. The molecule has 108 valence electrons. The van der Waals surface area contributed by atoms with Crippen LogP contribution in [0.2, 0.25) is 0 Å². The van der Waals surface area contributed by atoms with Crippen molar-refractivity contribution in [3.05, 3.63) is 41.5 Å². The van der Waals surface area contributed by atoms with Crippen LogP contribution in [0.3, 0.4) is 0 Å². The van der Waals surface area contributed by atoms with Crippen LogP contribution in [0.25, 0.3) is 0 Å². The Bertz CT molecular complexity index is 524. The number of hydrogen-bond acceptors (Lipinski definition) is 6. The molecule has 1 heterocycles. The normalized spacial score (nSPS) is 12.3. The van der Waals surface area contributed by atoms with Gasteiger partial charge in [0.05, 0.1) is 6.61 Å². The van der Waals surface area contributed by atoms with Gasteiger partial charge in [0.1, 0.15) is 11.9 Å². The summed E-state index contributed by atoms with van der Waals surface area (Å²) in [4.78, 5) is 4.21. The van der Waals surface area contributed by atoms with Crippen molar-refractivity contribution in [1.82, 2.24) is 10.1 Å². The number of hydrogen-bond donors (Lipinski definition) is 1. The van der Waals surface area contributed by atoms with Crippen LogP contribution in [0, 0.1) is 0 Å². The third kappa shape index (κ3) is 3.79. The lowest BCUT2D eigenvalue weighted by Gasteiger charge is -2.05. The smallest absolute Gasteiger partial charge is 0.264 e. The molecule has 1 aromatic carbocycles. The summed E-state index contributed by atoms with van der Waals surface area (Å²) in [6, 6.07) is 7.16. The molecule has 2 rings (SSSR count). The second kappa shape index (κ2) is 7.02. The van der Waals surface area contributed by atoms with Crippen molar-refractivity contribution in [3.8, 4) is 5.75 Å². The van der Waals surface area contributed by atoms with Crippen molar-refractivity contribution in [1.29, 1.82) is 0 Å². The standard InChI is InChI=1S/C14H18N2O4/c1-3-18-10(2)14-15-13(20-16-14)9-19-12-6-4-11(8-17)5-7-12/h4-7,10,17H,3,8-9H2,1-2H3. The first-order chi connectivity index (χ1) is 9.72. The molecular formula is C14H18N2O4. The van der Waals surface area contributed by atoms with Crippen molar-refractivity contribution in [2.24, 2.45) is 0 Å². The van der Waals surface area contributed by atoms with E-state index in [-0.39, 0.29) is 19.3 Å².